The van der Waals surface area contributed by atoms with Gasteiger partial charge >= 0.3 is 0 Å². The number of ether oxygens (including phenoxy) is 1. The molecule has 0 radical (unpaired) electrons. The maximum Gasteiger partial charge on any atom is 0.232 e. The standard InChI is InChI=1S/C20H26N2O4S/c1-16-8-4-5-9-17(16)15-21-20(23)12-7-13-22(27(3,24)25)18-10-6-11-19(14-18)26-2/h4-6,8-11,14H,7,12-13,15H2,1-3H3,(H,21,23). The van der Waals surface area contributed by atoms with Gasteiger partial charge in [0.25, 0.3) is 0 Å². The van der Waals surface area contributed by atoms with E-state index in [0.717, 1.165) is 17.4 Å². The van der Waals surface area contributed by atoms with Crippen molar-refractivity contribution in [3.05, 3.63) is 59.7 Å². The molecule has 0 unspecified atom stereocenters. The molecule has 27 heavy (non-hydrogen) atoms. The minimum absolute atomic E-state index is 0.0997. The van der Waals surface area contributed by atoms with Crippen LogP contribution in [0.2, 0.25) is 0 Å². The molecule has 0 aliphatic rings. The lowest BCUT2D eigenvalue weighted by atomic mass is 10.1. The number of sulfonamides is 1. The van der Waals surface area contributed by atoms with E-state index in [0.29, 0.717) is 24.4 Å². The summed E-state index contributed by atoms with van der Waals surface area (Å²) in [6.45, 7) is 2.70. The van der Waals surface area contributed by atoms with Crippen LogP contribution in [0.15, 0.2) is 48.5 Å². The van der Waals surface area contributed by atoms with E-state index in [2.05, 4.69) is 5.32 Å². The predicted molar refractivity (Wildman–Crippen MR) is 107 cm³/mol. The number of anilines is 1. The minimum Gasteiger partial charge on any atom is -0.497 e. The van der Waals surface area contributed by atoms with Crippen molar-refractivity contribution < 1.29 is 17.9 Å². The van der Waals surface area contributed by atoms with Crippen LogP contribution in [0.3, 0.4) is 0 Å². The van der Waals surface area contributed by atoms with Gasteiger partial charge in [0.1, 0.15) is 5.75 Å². The van der Waals surface area contributed by atoms with Crippen LogP contribution in [0.25, 0.3) is 0 Å². The Labute approximate surface area is 161 Å². The SMILES string of the molecule is COc1cccc(N(CCCC(=O)NCc2ccccc2C)S(C)(=O)=O)c1. The molecule has 0 spiro atoms. The van der Waals surface area contributed by atoms with Gasteiger partial charge in [-0.25, -0.2) is 8.42 Å². The summed E-state index contributed by atoms with van der Waals surface area (Å²) in [5.41, 5.74) is 2.72. The lowest BCUT2D eigenvalue weighted by Gasteiger charge is -2.22. The monoisotopic (exact) mass is 390 g/mol. The van der Waals surface area contributed by atoms with Crippen molar-refractivity contribution in [2.75, 3.05) is 24.2 Å². The van der Waals surface area contributed by atoms with E-state index in [1.165, 1.54) is 11.4 Å². The quantitative estimate of drug-likeness (QED) is 0.714. The van der Waals surface area contributed by atoms with Crippen molar-refractivity contribution in [3.63, 3.8) is 0 Å². The highest BCUT2D eigenvalue weighted by Gasteiger charge is 2.18. The first-order chi connectivity index (χ1) is 12.8. The molecule has 0 aliphatic heterocycles. The fourth-order valence-electron chi connectivity index (χ4n) is 2.73. The second-order valence-electron chi connectivity index (χ2n) is 6.34. The summed E-state index contributed by atoms with van der Waals surface area (Å²) in [6, 6.07) is 14.7. The predicted octanol–water partition coefficient (Wildman–Crippen LogP) is 2.87. The number of hydrogen-bond donors (Lipinski definition) is 1. The molecule has 2 aromatic carbocycles. The van der Waals surface area contributed by atoms with E-state index in [1.807, 2.05) is 31.2 Å². The Hall–Kier alpha value is -2.54. The fourth-order valence-corrected chi connectivity index (χ4v) is 3.68. The van der Waals surface area contributed by atoms with Gasteiger partial charge in [-0.1, -0.05) is 30.3 Å². The van der Waals surface area contributed by atoms with Crippen LogP contribution < -0.4 is 14.4 Å². The van der Waals surface area contributed by atoms with Crippen molar-refractivity contribution in [1.29, 1.82) is 0 Å². The molecule has 146 valence electrons. The number of nitrogens with one attached hydrogen (secondary N) is 1. The molecule has 0 bridgehead atoms. The van der Waals surface area contributed by atoms with Crippen molar-refractivity contribution in [2.45, 2.75) is 26.3 Å². The number of nitrogens with zero attached hydrogens (tertiary/aromatic N) is 1. The van der Waals surface area contributed by atoms with Gasteiger partial charge in [0.15, 0.2) is 0 Å². The molecule has 0 heterocycles. The zero-order valence-corrected chi connectivity index (χ0v) is 16.8. The van der Waals surface area contributed by atoms with Crippen LogP contribution in [0.1, 0.15) is 24.0 Å². The Morgan fingerprint density at radius 3 is 2.56 bits per heavy atom. The topological polar surface area (TPSA) is 75.7 Å². The average molecular weight is 391 g/mol. The van der Waals surface area contributed by atoms with Gasteiger partial charge in [-0.3, -0.25) is 9.10 Å². The summed E-state index contributed by atoms with van der Waals surface area (Å²) in [5.74, 6) is 0.481. The molecule has 0 saturated heterocycles. The highest BCUT2D eigenvalue weighted by atomic mass is 32.2. The molecule has 0 atom stereocenters. The Balaban J connectivity index is 1.91. The van der Waals surface area contributed by atoms with Crippen molar-refractivity contribution in [1.82, 2.24) is 5.32 Å². The molecular formula is C20H26N2O4S. The Kier molecular flexibility index (Phi) is 7.24. The minimum atomic E-state index is -3.46. The summed E-state index contributed by atoms with van der Waals surface area (Å²) in [6.07, 6.45) is 1.83. The third-order valence-electron chi connectivity index (χ3n) is 4.24. The maximum atomic E-state index is 12.1. The zero-order valence-electron chi connectivity index (χ0n) is 15.9. The second kappa shape index (κ2) is 9.41. The van der Waals surface area contributed by atoms with Gasteiger partial charge in [-0.05, 0) is 36.6 Å². The van der Waals surface area contributed by atoms with E-state index in [1.54, 1.807) is 24.3 Å². The number of carbonyl (C=O) groups excluding carboxylic acids is 1. The van der Waals surface area contributed by atoms with Crippen molar-refractivity contribution >= 4 is 21.6 Å². The van der Waals surface area contributed by atoms with Crippen molar-refractivity contribution in [3.8, 4) is 5.75 Å². The smallest absolute Gasteiger partial charge is 0.232 e. The first-order valence-corrected chi connectivity index (χ1v) is 10.6. The van der Waals surface area contributed by atoms with Crippen LogP contribution in [0, 0.1) is 6.92 Å². The average Bonchev–Trinajstić information content (AvgIpc) is 2.63. The number of amides is 1. The second-order valence-corrected chi connectivity index (χ2v) is 8.25. The summed E-state index contributed by atoms with van der Waals surface area (Å²) < 4.78 is 30.7. The van der Waals surface area contributed by atoms with E-state index in [9.17, 15) is 13.2 Å². The molecule has 1 amide bonds. The Morgan fingerprint density at radius 2 is 1.89 bits per heavy atom. The first-order valence-electron chi connectivity index (χ1n) is 8.74. The highest BCUT2D eigenvalue weighted by molar-refractivity contribution is 7.92. The molecule has 1 N–H and O–H groups in total. The molecule has 6 nitrogen and oxygen atoms in total. The van der Waals surface area contributed by atoms with Gasteiger partial charge in [0.2, 0.25) is 15.9 Å². The fraction of sp³-hybridized carbons (Fsp3) is 0.350. The van der Waals surface area contributed by atoms with E-state index >= 15 is 0 Å². The van der Waals surface area contributed by atoms with Crippen LogP contribution >= 0.6 is 0 Å². The van der Waals surface area contributed by atoms with Gasteiger partial charge in [-0.15, -0.1) is 0 Å². The summed E-state index contributed by atoms with van der Waals surface area (Å²) >= 11 is 0. The number of methoxy groups -OCH3 is 1. The van der Waals surface area contributed by atoms with Crippen LogP contribution in [-0.4, -0.2) is 34.2 Å². The zero-order chi connectivity index (χ0) is 19.9. The van der Waals surface area contributed by atoms with Crippen molar-refractivity contribution in [2.24, 2.45) is 0 Å². The lowest BCUT2D eigenvalue weighted by Crippen LogP contribution is -2.32. The molecular weight excluding hydrogens is 364 g/mol. The van der Waals surface area contributed by atoms with Gasteiger partial charge in [0, 0.05) is 25.6 Å². The largest absolute Gasteiger partial charge is 0.497 e. The van der Waals surface area contributed by atoms with E-state index in [4.69, 9.17) is 4.74 Å². The lowest BCUT2D eigenvalue weighted by molar-refractivity contribution is -0.121. The first kappa shape index (κ1) is 20.8. The molecule has 7 heteroatoms. The maximum absolute atomic E-state index is 12.1. The number of benzene rings is 2. The molecule has 0 fully saturated rings. The third-order valence-corrected chi connectivity index (χ3v) is 5.44. The number of hydrogen-bond acceptors (Lipinski definition) is 4. The molecule has 2 rings (SSSR count). The molecule has 0 saturated carbocycles. The summed E-state index contributed by atoms with van der Waals surface area (Å²) in [7, 11) is -1.93. The Morgan fingerprint density at radius 1 is 1.15 bits per heavy atom. The third kappa shape index (κ3) is 6.29. The number of carbonyl (C=O) groups is 1. The number of rotatable bonds is 9. The van der Waals surface area contributed by atoms with E-state index < -0.39 is 10.0 Å². The van der Waals surface area contributed by atoms with Gasteiger partial charge in [0.05, 0.1) is 19.1 Å². The Bertz CT molecular complexity index is 881. The van der Waals surface area contributed by atoms with Gasteiger partial charge in [-0.2, -0.15) is 0 Å². The molecule has 0 aliphatic carbocycles. The molecule has 2 aromatic rings. The van der Waals surface area contributed by atoms with Crippen LogP contribution in [0.4, 0.5) is 5.69 Å². The van der Waals surface area contributed by atoms with Crippen LogP contribution in [-0.2, 0) is 21.4 Å². The van der Waals surface area contributed by atoms with Crippen LogP contribution in [0.5, 0.6) is 5.75 Å². The highest BCUT2D eigenvalue weighted by Crippen LogP contribution is 2.23. The summed E-state index contributed by atoms with van der Waals surface area (Å²) in [4.78, 5) is 12.1. The summed E-state index contributed by atoms with van der Waals surface area (Å²) in [5, 5.41) is 2.88. The normalized spacial score (nSPS) is 11.1. The van der Waals surface area contributed by atoms with E-state index in [-0.39, 0.29) is 18.9 Å². The van der Waals surface area contributed by atoms with Gasteiger partial charge < -0.3 is 10.1 Å². The molecule has 0 aromatic heterocycles. The number of aryl methyl sites for hydroxylation is 1.